The minimum absolute atomic E-state index is 0.167. The lowest BCUT2D eigenvalue weighted by molar-refractivity contribution is -0.670. The zero-order valence-electron chi connectivity index (χ0n) is 15.1. The summed E-state index contributed by atoms with van der Waals surface area (Å²) in [7, 11) is 1.68. The molecule has 0 bridgehead atoms. The molecule has 136 valence electrons. The number of rotatable bonds is 7. The third-order valence-corrected chi connectivity index (χ3v) is 4.58. The van der Waals surface area contributed by atoms with E-state index in [1.54, 1.807) is 13.2 Å². The van der Waals surface area contributed by atoms with E-state index in [-0.39, 0.29) is 5.75 Å². The molecule has 26 heavy (non-hydrogen) atoms. The van der Waals surface area contributed by atoms with Crippen molar-refractivity contribution in [2.75, 3.05) is 13.7 Å². The number of methoxy groups -OCH3 is 1. The van der Waals surface area contributed by atoms with Crippen molar-refractivity contribution in [1.29, 1.82) is 0 Å². The fourth-order valence-corrected chi connectivity index (χ4v) is 3.18. The summed E-state index contributed by atoms with van der Waals surface area (Å²) in [5.41, 5.74) is 2.98. The van der Waals surface area contributed by atoms with Crippen molar-refractivity contribution in [1.82, 2.24) is 0 Å². The van der Waals surface area contributed by atoms with E-state index in [0.717, 1.165) is 41.6 Å². The molecule has 0 aliphatic rings. The second-order valence-corrected chi connectivity index (χ2v) is 6.26. The number of aromatic hydroxyl groups is 1. The van der Waals surface area contributed by atoms with Crippen molar-refractivity contribution in [3.63, 3.8) is 0 Å². The molecule has 0 saturated heterocycles. The van der Waals surface area contributed by atoms with Crippen molar-refractivity contribution in [2.45, 2.75) is 26.3 Å². The molecule has 0 aliphatic heterocycles. The fraction of sp³-hybridized carbons (Fsp3) is 0.286. The summed E-state index contributed by atoms with van der Waals surface area (Å²) in [5.74, 6) is 1.07. The monoisotopic (exact) mass is 354 g/mol. The standard InChI is InChI=1S/C21H23NO4/c1-3-14-10-17-16(11-21(24)26-20(17)12-18(14)23)13-22-9-8-15-6-4-5-7-19(15)25-2/h4-7,10-12,22-23H,3,8-9,13H2,1-2H3/p+1. The molecule has 0 saturated carbocycles. The minimum atomic E-state index is -0.394. The molecule has 1 aromatic heterocycles. The van der Waals surface area contributed by atoms with Gasteiger partial charge in [0.2, 0.25) is 0 Å². The Balaban J connectivity index is 1.75. The van der Waals surface area contributed by atoms with Crippen LogP contribution in [0.15, 0.2) is 51.7 Å². The first-order valence-electron chi connectivity index (χ1n) is 8.84. The second kappa shape index (κ2) is 8.06. The Bertz CT molecular complexity index is 962. The van der Waals surface area contributed by atoms with Gasteiger partial charge in [-0.15, -0.1) is 0 Å². The van der Waals surface area contributed by atoms with Crippen LogP contribution in [0.25, 0.3) is 11.0 Å². The molecule has 5 nitrogen and oxygen atoms in total. The molecule has 1 heterocycles. The number of ether oxygens (including phenoxy) is 1. The van der Waals surface area contributed by atoms with Gasteiger partial charge in [-0.3, -0.25) is 0 Å². The molecule has 2 aromatic carbocycles. The highest BCUT2D eigenvalue weighted by Gasteiger charge is 2.11. The van der Waals surface area contributed by atoms with Crippen LogP contribution in [0.5, 0.6) is 11.5 Å². The van der Waals surface area contributed by atoms with Gasteiger partial charge in [0.1, 0.15) is 23.6 Å². The molecule has 0 radical (unpaired) electrons. The maximum atomic E-state index is 11.8. The van der Waals surface area contributed by atoms with E-state index in [1.807, 2.05) is 31.2 Å². The van der Waals surface area contributed by atoms with Crippen LogP contribution in [-0.4, -0.2) is 18.8 Å². The first-order chi connectivity index (χ1) is 12.6. The number of benzene rings is 2. The third-order valence-electron chi connectivity index (χ3n) is 4.58. The molecule has 0 aliphatic carbocycles. The fourth-order valence-electron chi connectivity index (χ4n) is 3.18. The van der Waals surface area contributed by atoms with Crippen LogP contribution >= 0.6 is 0 Å². The Kier molecular flexibility index (Phi) is 5.58. The quantitative estimate of drug-likeness (QED) is 0.504. The van der Waals surface area contributed by atoms with Crippen molar-refractivity contribution in [3.05, 3.63) is 69.6 Å². The highest BCUT2D eigenvalue weighted by molar-refractivity contribution is 5.82. The topological polar surface area (TPSA) is 76.3 Å². The van der Waals surface area contributed by atoms with E-state index in [1.165, 1.54) is 11.6 Å². The number of phenols is 1. The highest BCUT2D eigenvalue weighted by atomic mass is 16.5. The lowest BCUT2D eigenvalue weighted by Gasteiger charge is -2.09. The highest BCUT2D eigenvalue weighted by Crippen LogP contribution is 2.26. The molecule has 5 heteroatoms. The number of phenolic OH excluding ortho intramolecular Hbond substituents is 1. The smallest absolute Gasteiger partial charge is 0.336 e. The van der Waals surface area contributed by atoms with Gasteiger partial charge in [-0.1, -0.05) is 25.1 Å². The normalized spacial score (nSPS) is 11.0. The lowest BCUT2D eigenvalue weighted by atomic mass is 10.0. The van der Waals surface area contributed by atoms with Crippen LogP contribution in [0.4, 0.5) is 0 Å². The molecule has 0 atom stereocenters. The number of aryl methyl sites for hydroxylation is 1. The van der Waals surface area contributed by atoms with Crippen LogP contribution in [0.1, 0.15) is 23.6 Å². The summed E-state index contributed by atoms with van der Waals surface area (Å²) >= 11 is 0. The van der Waals surface area contributed by atoms with Gasteiger partial charge in [-0.2, -0.15) is 0 Å². The summed E-state index contributed by atoms with van der Waals surface area (Å²) in [6.45, 7) is 3.53. The van der Waals surface area contributed by atoms with E-state index in [4.69, 9.17) is 9.15 Å². The van der Waals surface area contributed by atoms with E-state index < -0.39 is 5.63 Å². The van der Waals surface area contributed by atoms with E-state index in [0.29, 0.717) is 12.1 Å². The maximum absolute atomic E-state index is 11.8. The number of fused-ring (bicyclic) bond motifs is 1. The summed E-state index contributed by atoms with van der Waals surface area (Å²) in [4.78, 5) is 11.8. The number of nitrogens with two attached hydrogens (primary N) is 1. The molecule has 0 spiro atoms. The third kappa shape index (κ3) is 3.89. The van der Waals surface area contributed by atoms with Gasteiger partial charge in [0, 0.05) is 29.5 Å². The molecule has 0 amide bonds. The Hall–Kier alpha value is -2.79. The SMILES string of the molecule is CCc1cc2c(C[NH2+]CCc3ccccc3OC)cc(=O)oc2cc1O. The van der Waals surface area contributed by atoms with Crippen LogP contribution in [0.2, 0.25) is 0 Å². The summed E-state index contributed by atoms with van der Waals surface area (Å²) in [5, 5.41) is 13.0. The molecule has 0 unspecified atom stereocenters. The number of quaternary nitrogens is 1. The van der Waals surface area contributed by atoms with E-state index in [2.05, 4.69) is 11.4 Å². The van der Waals surface area contributed by atoms with Crippen LogP contribution in [0, 0.1) is 0 Å². The van der Waals surface area contributed by atoms with Gasteiger partial charge < -0.3 is 19.6 Å². The molecule has 0 fully saturated rings. The van der Waals surface area contributed by atoms with Gasteiger partial charge in [-0.25, -0.2) is 4.79 Å². The predicted octanol–water partition coefficient (Wildman–Crippen LogP) is 2.38. The van der Waals surface area contributed by atoms with Crippen LogP contribution < -0.4 is 15.7 Å². The van der Waals surface area contributed by atoms with Crippen molar-refractivity contribution >= 4 is 11.0 Å². The summed E-state index contributed by atoms with van der Waals surface area (Å²) in [6, 6.07) is 13.0. The molecule has 3 aromatic rings. The van der Waals surface area contributed by atoms with Gasteiger partial charge in [-0.05, 0) is 29.7 Å². The average Bonchev–Trinajstić information content (AvgIpc) is 2.64. The Morgan fingerprint density at radius 1 is 1.12 bits per heavy atom. The van der Waals surface area contributed by atoms with Gasteiger partial charge in [0.05, 0.1) is 13.7 Å². The zero-order valence-corrected chi connectivity index (χ0v) is 15.1. The van der Waals surface area contributed by atoms with E-state index in [9.17, 15) is 9.90 Å². The van der Waals surface area contributed by atoms with Gasteiger partial charge in [0.15, 0.2) is 0 Å². The van der Waals surface area contributed by atoms with Gasteiger partial charge in [0.25, 0.3) is 0 Å². The number of para-hydroxylation sites is 1. The van der Waals surface area contributed by atoms with Crippen molar-refractivity contribution in [2.24, 2.45) is 0 Å². The first kappa shape index (κ1) is 18.0. The van der Waals surface area contributed by atoms with Crippen molar-refractivity contribution < 1.29 is 19.6 Å². The van der Waals surface area contributed by atoms with Crippen molar-refractivity contribution in [3.8, 4) is 11.5 Å². The second-order valence-electron chi connectivity index (χ2n) is 6.26. The van der Waals surface area contributed by atoms with E-state index >= 15 is 0 Å². The molecular weight excluding hydrogens is 330 g/mol. The number of hydrogen-bond donors (Lipinski definition) is 2. The van der Waals surface area contributed by atoms with Crippen LogP contribution in [0.3, 0.4) is 0 Å². The maximum Gasteiger partial charge on any atom is 0.336 e. The molecule has 3 rings (SSSR count). The Morgan fingerprint density at radius 3 is 2.69 bits per heavy atom. The molecular formula is C21H24NO4+. The van der Waals surface area contributed by atoms with Gasteiger partial charge >= 0.3 is 5.63 Å². The summed E-state index contributed by atoms with van der Waals surface area (Å²) in [6.07, 6.45) is 1.60. The zero-order chi connectivity index (χ0) is 18.5. The Morgan fingerprint density at radius 2 is 1.92 bits per heavy atom. The molecule has 3 N–H and O–H groups in total. The first-order valence-corrected chi connectivity index (χ1v) is 8.84. The predicted molar refractivity (Wildman–Crippen MR) is 101 cm³/mol. The largest absolute Gasteiger partial charge is 0.508 e. The minimum Gasteiger partial charge on any atom is -0.508 e. The van der Waals surface area contributed by atoms with Crippen LogP contribution in [-0.2, 0) is 19.4 Å². The summed E-state index contributed by atoms with van der Waals surface area (Å²) < 4.78 is 10.6. The Labute approximate surface area is 152 Å². The lowest BCUT2D eigenvalue weighted by Crippen LogP contribution is -2.83. The number of hydrogen-bond acceptors (Lipinski definition) is 4. The average molecular weight is 354 g/mol.